The van der Waals surface area contributed by atoms with Crippen molar-refractivity contribution in [2.45, 2.75) is 33.6 Å². The van der Waals surface area contributed by atoms with Gasteiger partial charge in [-0.25, -0.2) is 0 Å². The number of rotatable bonds is 5. The Labute approximate surface area is 128 Å². The Kier molecular flexibility index (Phi) is 4.90. The first-order valence-electron chi connectivity index (χ1n) is 6.79. The van der Waals surface area contributed by atoms with Crippen LogP contribution in [-0.4, -0.2) is 22.7 Å². The van der Waals surface area contributed by atoms with Gasteiger partial charge in [-0.3, -0.25) is 10.1 Å². The normalized spacial score (nSPS) is 10.7. The van der Waals surface area contributed by atoms with Crippen molar-refractivity contribution in [1.29, 1.82) is 0 Å². The van der Waals surface area contributed by atoms with Crippen LogP contribution in [0.3, 0.4) is 0 Å². The quantitative estimate of drug-likeness (QED) is 0.920. The predicted molar refractivity (Wildman–Crippen MR) is 84.0 cm³/mol. The molecule has 0 bridgehead atoms. The molecule has 0 aliphatic heterocycles. The van der Waals surface area contributed by atoms with Crippen molar-refractivity contribution in [3.8, 4) is 5.75 Å². The molecule has 0 saturated carbocycles. The summed E-state index contributed by atoms with van der Waals surface area (Å²) in [4.78, 5) is 11.8. The van der Waals surface area contributed by atoms with Crippen molar-refractivity contribution in [1.82, 2.24) is 10.2 Å². The second-order valence-electron chi connectivity index (χ2n) is 5.21. The number of nitrogens with one attached hydrogen (secondary N) is 1. The topological polar surface area (TPSA) is 64.1 Å². The summed E-state index contributed by atoms with van der Waals surface area (Å²) in [5, 5.41) is 12.1. The number of carbonyl (C=O) groups is 1. The zero-order chi connectivity index (χ0) is 15.4. The lowest BCUT2D eigenvalue weighted by Gasteiger charge is -2.09. The average molecular weight is 305 g/mol. The molecule has 0 atom stereocenters. The molecule has 0 spiro atoms. The molecule has 1 amide bonds. The SMILES string of the molecule is Cc1ccc(OCC(=O)Nc2nnc(C(C)C)s2)c(C)c1. The molecule has 0 aliphatic carbocycles. The maximum Gasteiger partial charge on any atom is 0.264 e. The number of hydrogen-bond donors (Lipinski definition) is 1. The minimum atomic E-state index is -0.235. The third-order valence-electron chi connectivity index (χ3n) is 2.87. The summed E-state index contributed by atoms with van der Waals surface area (Å²) in [5.41, 5.74) is 2.18. The van der Waals surface area contributed by atoms with Crippen LogP contribution in [0.4, 0.5) is 5.13 Å². The molecule has 0 radical (unpaired) electrons. The fourth-order valence-electron chi connectivity index (χ4n) is 1.78. The van der Waals surface area contributed by atoms with Crippen LogP contribution in [-0.2, 0) is 4.79 Å². The molecule has 0 unspecified atom stereocenters. The third kappa shape index (κ3) is 4.26. The maximum absolute atomic E-state index is 11.8. The molecule has 0 saturated heterocycles. The number of benzene rings is 1. The molecular weight excluding hydrogens is 286 g/mol. The average Bonchev–Trinajstić information content (AvgIpc) is 2.86. The smallest absolute Gasteiger partial charge is 0.264 e. The van der Waals surface area contributed by atoms with Crippen molar-refractivity contribution >= 4 is 22.4 Å². The highest BCUT2D eigenvalue weighted by Crippen LogP contribution is 2.22. The number of hydrogen-bond acceptors (Lipinski definition) is 5. The van der Waals surface area contributed by atoms with E-state index in [-0.39, 0.29) is 12.5 Å². The second-order valence-corrected chi connectivity index (χ2v) is 6.22. The number of ether oxygens (including phenoxy) is 1. The number of nitrogens with zero attached hydrogens (tertiary/aromatic N) is 2. The van der Waals surface area contributed by atoms with Crippen molar-refractivity contribution in [3.63, 3.8) is 0 Å². The van der Waals surface area contributed by atoms with E-state index in [2.05, 4.69) is 15.5 Å². The van der Waals surface area contributed by atoms with Gasteiger partial charge in [0.25, 0.3) is 5.91 Å². The first-order valence-corrected chi connectivity index (χ1v) is 7.60. The number of carbonyl (C=O) groups excluding carboxylic acids is 1. The Balaban J connectivity index is 1.89. The van der Waals surface area contributed by atoms with Crippen LogP contribution in [0.2, 0.25) is 0 Å². The molecular formula is C15H19N3O2S. The van der Waals surface area contributed by atoms with E-state index >= 15 is 0 Å². The molecule has 21 heavy (non-hydrogen) atoms. The molecule has 0 fully saturated rings. The van der Waals surface area contributed by atoms with E-state index in [9.17, 15) is 4.79 Å². The van der Waals surface area contributed by atoms with Crippen molar-refractivity contribution in [2.75, 3.05) is 11.9 Å². The fourth-order valence-corrected chi connectivity index (χ4v) is 2.54. The minimum Gasteiger partial charge on any atom is -0.483 e. The highest BCUT2D eigenvalue weighted by molar-refractivity contribution is 7.15. The Morgan fingerprint density at radius 3 is 2.71 bits per heavy atom. The Bertz CT molecular complexity index is 638. The molecule has 6 heteroatoms. The number of anilines is 1. The third-order valence-corrected chi connectivity index (χ3v) is 4.01. The van der Waals surface area contributed by atoms with E-state index in [1.165, 1.54) is 16.9 Å². The molecule has 112 valence electrons. The van der Waals surface area contributed by atoms with Gasteiger partial charge in [0.2, 0.25) is 5.13 Å². The van der Waals surface area contributed by atoms with E-state index < -0.39 is 0 Å². The van der Waals surface area contributed by atoms with E-state index in [4.69, 9.17) is 4.74 Å². The number of aryl methyl sites for hydroxylation is 2. The highest BCUT2D eigenvalue weighted by atomic mass is 32.1. The number of aromatic nitrogens is 2. The standard InChI is InChI=1S/C15H19N3O2S/c1-9(2)14-17-18-15(21-14)16-13(19)8-20-12-6-5-10(3)7-11(12)4/h5-7,9H,8H2,1-4H3,(H,16,18,19). The van der Waals surface area contributed by atoms with E-state index in [1.807, 2.05) is 45.9 Å². The van der Waals surface area contributed by atoms with Gasteiger partial charge < -0.3 is 4.74 Å². The summed E-state index contributed by atoms with van der Waals surface area (Å²) >= 11 is 1.39. The summed E-state index contributed by atoms with van der Waals surface area (Å²) in [7, 11) is 0. The van der Waals surface area contributed by atoms with Gasteiger partial charge in [0.1, 0.15) is 10.8 Å². The van der Waals surface area contributed by atoms with Crippen LogP contribution < -0.4 is 10.1 Å². The van der Waals surface area contributed by atoms with E-state index in [0.717, 1.165) is 16.3 Å². The van der Waals surface area contributed by atoms with Gasteiger partial charge >= 0.3 is 0 Å². The van der Waals surface area contributed by atoms with Gasteiger partial charge in [0, 0.05) is 5.92 Å². The van der Waals surface area contributed by atoms with Gasteiger partial charge in [0.05, 0.1) is 0 Å². The summed E-state index contributed by atoms with van der Waals surface area (Å²) in [5.74, 6) is 0.789. The van der Waals surface area contributed by atoms with Crippen molar-refractivity contribution < 1.29 is 9.53 Å². The van der Waals surface area contributed by atoms with Gasteiger partial charge in [-0.15, -0.1) is 10.2 Å². The lowest BCUT2D eigenvalue weighted by Crippen LogP contribution is -2.20. The Hall–Kier alpha value is -1.95. The molecule has 2 aromatic rings. The second kappa shape index (κ2) is 6.67. The zero-order valence-corrected chi connectivity index (χ0v) is 13.5. The molecule has 1 aromatic carbocycles. The van der Waals surface area contributed by atoms with Crippen molar-refractivity contribution in [3.05, 3.63) is 34.3 Å². The molecule has 0 aliphatic rings. The molecule has 1 N–H and O–H groups in total. The van der Waals surface area contributed by atoms with E-state index in [1.54, 1.807) is 0 Å². The van der Waals surface area contributed by atoms with Gasteiger partial charge in [-0.2, -0.15) is 0 Å². The maximum atomic E-state index is 11.8. The zero-order valence-electron chi connectivity index (χ0n) is 12.6. The minimum absolute atomic E-state index is 0.0412. The predicted octanol–water partition coefficient (Wildman–Crippen LogP) is 3.30. The van der Waals surface area contributed by atoms with Crippen LogP contribution in [0.5, 0.6) is 5.75 Å². The molecule has 1 aromatic heterocycles. The molecule has 5 nitrogen and oxygen atoms in total. The van der Waals surface area contributed by atoms with Crippen LogP contribution in [0.15, 0.2) is 18.2 Å². The fraction of sp³-hybridized carbons (Fsp3) is 0.400. The van der Waals surface area contributed by atoms with Crippen LogP contribution in [0.25, 0.3) is 0 Å². The van der Waals surface area contributed by atoms with Gasteiger partial charge in [-0.05, 0) is 25.5 Å². The largest absolute Gasteiger partial charge is 0.483 e. The summed E-state index contributed by atoms with van der Waals surface area (Å²) in [6.45, 7) is 8.01. The first-order chi connectivity index (χ1) is 9.95. The van der Waals surface area contributed by atoms with Gasteiger partial charge in [-0.1, -0.05) is 42.9 Å². The van der Waals surface area contributed by atoms with E-state index in [0.29, 0.717) is 11.0 Å². The van der Waals surface area contributed by atoms with Gasteiger partial charge in [0.15, 0.2) is 6.61 Å². The Morgan fingerprint density at radius 1 is 1.33 bits per heavy atom. The Morgan fingerprint density at radius 2 is 2.10 bits per heavy atom. The lowest BCUT2D eigenvalue weighted by molar-refractivity contribution is -0.118. The summed E-state index contributed by atoms with van der Waals surface area (Å²) < 4.78 is 5.52. The van der Waals surface area contributed by atoms with Crippen molar-refractivity contribution in [2.24, 2.45) is 0 Å². The molecule has 1 heterocycles. The number of amides is 1. The van der Waals surface area contributed by atoms with Crippen LogP contribution in [0.1, 0.15) is 35.9 Å². The molecule has 2 rings (SSSR count). The first kappa shape index (κ1) is 15.4. The highest BCUT2D eigenvalue weighted by Gasteiger charge is 2.11. The monoisotopic (exact) mass is 305 g/mol. The summed E-state index contributed by atoms with van der Waals surface area (Å²) in [6.07, 6.45) is 0. The lowest BCUT2D eigenvalue weighted by atomic mass is 10.1. The van der Waals surface area contributed by atoms with Crippen LogP contribution >= 0.6 is 11.3 Å². The summed E-state index contributed by atoms with van der Waals surface area (Å²) in [6, 6.07) is 5.85. The van der Waals surface area contributed by atoms with Crippen LogP contribution in [0, 0.1) is 13.8 Å².